The lowest BCUT2D eigenvalue weighted by molar-refractivity contribution is 0.555. The van der Waals surface area contributed by atoms with Crippen molar-refractivity contribution in [2.75, 3.05) is 0 Å². The number of hydrogen-bond donors (Lipinski definition) is 0. The van der Waals surface area contributed by atoms with E-state index in [0.29, 0.717) is 16.1 Å². The van der Waals surface area contributed by atoms with Crippen molar-refractivity contribution in [3.05, 3.63) is 33.6 Å². The second-order valence-electron chi connectivity index (χ2n) is 4.20. The molecule has 1 aliphatic carbocycles. The summed E-state index contributed by atoms with van der Waals surface area (Å²) in [5.74, 6) is -0.349. The molecule has 0 radical (unpaired) electrons. The molecule has 0 unspecified atom stereocenters. The highest BCUT2D eigenvalue weighted by molar-refractivity contribution is 6.32. The first kappa shape index (κ1) is 11.3. The van der Waals surface area contributed by atoms with Crippen LogP contribution in [0.3, 0.4) is 0 Å². The Morgan fingerprint density at radius 1 is 1.44 bits per heavy atom. The van der Waals surface area contributed by atoms with Crippen LogP contribution in [0, 0.1) is 19.7 Å². The lowest BCUT2D eigenvalue weighted by Crippen LogP contribution is -2.07. The van der Waals surface area contributed by atoms with E-state index in [1.54, 1.807) is 13.0 Å². The summed E-state index contributed by atoms with van der Waals surface area (Å²) in [7, 11) is 0. The predicted molar refractivity (Wildman–Crippen MR) is 59.9 cm³/mol. The first-order valence-corrected chi connectivity index (χ1v) is 5.44. The van der Waals surface area contributed by atoms with Crippen LogP contribution >= 0.6 is 11.6 Å². The van der Waals surface area contributed by atoms with Crippen molar-refractivity contribution in [2.45, 2.75) is 32.2 Å². The minimum absolute atomic E-state index is 0.349. The van der Waals surface area contributed by atoms with Crippen LogP contribution in [0.15, 0.2) is 11.1 Å². The van der Waals surface area contributed by atoms with Gasteiger partial charge >= 0.3 is 0 Å². The largest absolute Gasteiger partial charge is 0.235 e. The maximum Gasteiger partial charge on any atom is 0.235 e. The van der Waals surface area contributed by atoms with E-state index in [0.717, 1.165) is 18.4 Å². The summed E-state index contributed by atoms with van der Waals surface area (Å²) in [6, 6.07) is 1.43. The van der Waals surface area contributed by atoms with Gasteiger partial charge in [-0.3, -0.25) is 0 Å². The van der Waals surface area contributed by atoms with Gasteiger partial charge in [-0.2, -0.15) is 4.99 Å². The molecule has 0 amide bonds. The number of halogens is 2. The molecule has 0 N–H and O–H groups in total. The zero-order valence-corrected chi connectivity index (χ0v) is 9.86. The number of aliphatic imine (C=N–C) groups is 1. The summed E-state index contributed by atoms with van der Waals surface area (Å²) in [6.45, 7) is 3.46. The number of rotatable bonds is 2. The average molecular weight is 240 g/mol. The minimum Gasteiger partial charge on any atom is -0.211 e. The van der Waals surface area contributed by atoms with Gasteiger partial charge < -0.3 is 0 Å². The van der Waals surface area contributed by atoms with Gasteiger partial charge in [-0.15, -0.1) is 0 Å². The van der Waals surface area contributed by atoms with Crippen molar-refractivity contribution < 1.29 is 9.18 Å². The van der Waals surface area contributed by atoms with E-state index in [-0.39, 0.29) is 5.82 Å². The lowest BCUT2D eigenvalue weighted by Gasteiger charge is -2.15. The van der Waals surface area contributed by atoms with Crippen LogP contribution in [0.2, 0.25) is 5.02 Å². The molecule has 0 saturated heterocycles. The fraction of sp³-hybridized carbons (Fsp3) is 0.417. The number of nitrogens with zero attached hydrogens (tertiary/aromatic N) is 1. The summed E-state index contributed by atoms with van der Waals surface area (Å²) in [5.41, 5.74) is 1.39. The Hall–Kier alpha value is -1.18. The molecule has 16 heavy (non-hydrogen) atoms. The van der Waals surface area contributed by atoms with E-state index in [9.17, 15) is 9.18 Å². The van der Waals surface area contributed by atoms with Crippen LogP contribution in [0.5, 0.6) is 0 Å². The van der Waals surface area contributed by atoms with E-state index in [4.69, 9.17) is 11.6 Å². The first-order valence-electron chi connectivity index (χ1n) is 5.06. The molecule has 2 rings (SSSR count). The van der Waals surface area contributed by atoms with E-state index in [1.165, 1.54) is 6.07 Å². The maximum atomic E-state index is 13.6. The van der Waals surface area contributed by atoms with Gasteiger partial charge in [0, 0.05) is 10.6 Å². The summed E-state index contributed by atoms with van der Waals surface area (Å²) in [5, 5.41) is 0.419. The van der Waals surface area contributed by atoms with Crippen molar-refractivity contribution in [1.82, 2.24) is 0 Å². The predicted octanol–water partition coefficient (Wildman–Crippen LogP) is 3.42. The quantitative estimate of drug-likeness (QED) is 0.574. The van der Waals surface area contributed by atoms with Gasteiger partial charge in [0.1, 0.15) is 5.82 Å². The molecule has 0 heterocycles. The van der Waals surface area contributed by atoms with Crippen LogP contribution < -0.4 is 0 Å². The Kier molecular flexibility index (Phi) is 2.61. The fourth-order valence-electron chi connectivity index (χ4n) is 1.98. The summed E-state index contributed by atoms with van der Waals surface area (Å²) >= 11 is 6.04. The zero-order valence-electron chi connectivity index (χ0n) is 9.10. The summed E-state index contributed by atoms with van der Waals surface area (Å²) in [4.78, 5) is 14.1. The van der Waals surface area contributed by atoms with Crippen molar-refractivity contribution in [3.8, 4) is 0 Å². The standard InChI is InChI=1S/C12H11ClFNO/c1-7-9(12(3-4-12)15-6-16)5-10(14)8(2)11(7)13/h5H,3-4H2,1-2H3. The van der Waals surface area contributed by atoms with Gasteiger partial charge in [-0.05, 0) is 43.9 Å². The molecule has 0 aliphatic heterocycles. The molecule has 4 heteroatoms. The molecule has 1 aromatic rings. The van der Waals surface area contributed by atoms with E-state index in [2.05, 4.69) is 4.99 Å². The topological polar surface area (TPSA) is 29.4 Å². The Balaban J connectivity index is 2.63. The van der Waals surface area contributed by atoms with E-state index >= 15 is 0 Å². The normalized spacial score (nSPS) is 16.8. The highest BCUT2D eigenvalue weighted by atomic mass is 35.5. The second-order valence-corrected chi connectivity index (χ2v) is 4.58. The van der Waals surface area contributed by atoms with Gasteiger partial charge in [0.2, 0.25) is 6.08 Å². The third kappa shape index (κ3) is 1.57. The van der Waals surface area contributed by atoms with Crippen LogP contribution in [0.1, 0.15) is 29.5 Å². The Morgan fingerprint density at radius 3 is 2.56 bits per heavy atom. The smallest absolute Gasteiger partial charge is 0.211 e. The molecule has 2 nitrogen and oxygen atoms in total. The SMILES string of the molecule is Cc1c(F)cc(C2(N=C=O)CC2)c(C)c1Cl. The highest BCUT2D eigenvalue weighted by Crippen LogP contribution is 2.51. The van der Waals surface area contributed by atoms with Crippen molar-refractivity contribution >= 4 is 17.7 Å². The fourth-order valence-corrected chi connectivity index (χ4v) is 2.17. The molecule has 0 aromatic heterocycles. The third-order valence-electron chi connectivity index (χ3n) is 3.18. The summed E-state index contributed by atoms with van der Waals surface area (Å²) in [6.07, 6.45) is 3.06. The molecular weight excluding hydrogens is 229 g/mol. The molecule has 1 aromatic carbocycles. The Bertz CT molecular complexity index is 502. The Labute approximate surface area is 98.1 Å². The van der Waals surface area contributed by atoms with Gasteiger partial charge in [0.15, 0.2) is 0 Å². The molecule has 1 fully saturated rings. The minimum atomic E-state index is -0.565. The van der Waals surface area contributed by atoms with Crippen molar-refractivity contribution in [3.63, 3.8) is 0 Å². The van der Waals surface area contributed by atoms with Crippen LogP contribution in [-0.2, 0) is 10.3 Å². The number of benzene rings is 1. The maximum absolute atomic E-state index is 13.6. The lowest BCUT2D eigenvalue weighted by atomic mass is 9.97. The van der Waals surface area contributed by atoms with E-state index in [1.807, 2.05) is 6.92 Å². The van der Waals surface area contributed by atoms with Gasteiger partial charge in [0.25, 0.3) is 0 Å². The van der Waals surface area contributed by atoms with Crippen LogP contribution in [0.4, 0.5) is 4.39 Å². The molecule has 0 atom stereocenters. The zero-order chi connectivity index (χ0) is 11.9. The first-order chi connectivity index (χ1) is 7.52. The van der Waals surface area contributed by atoms with Gasteiger partial charge in [-0.1, -0.05) is 11.6 Å². The van der Waals surface area contributed by atoms with Crippen LogP contribution in [0.25, 0.3) is 0 Å². The summed E-state index contributed by atoms with van der Waals surface area (Å²) < 4.78 is 13.6. The van der Waals surface area contributed by atoms with Gasteiger partial charge in [0.05, 0.1) is 5.54 Å². The van der Waals surface area contributed by atoms with Crippen molar-refractivity contribution in [2.24, 2.45) is 4.99 Å². The molecule has 1 saturated carbocycles. The van der Waals surface area contributed by atoms with Gasteiger partial charge in [-0.25, -0.2) is 9.18 Å². The molecule has 0 bridgehead atoms. The van der Waals surface area contributed by atoms with Crippen molar-refractivity contribution in [1.29, 1.82) is 0 Å². The molecule has 0 spiro atoms. The third-order valence-corrected chi connectivity index (χ3v) is 3.74. The van der Waals surface area contributed by atoms with E-state index < -0.39 is 5.54 Å². The molecule has 1 aliphatic rings. The molecular formula is C12H11ClFNO. The monoisotopic (exact) mass is 239 g/mol. The average Bonchev–Trinajstić information content (AvgIpc) is 3.02. The van der Waals surface area contributed by atoms with Crippen LogP contribution in [-0.4, -0.2) is 6.08 Å². The highest BCUT2D eigenvalue weighted by Gasteiger charge is 2.46. The number of carbonyl (C=O) groups excluding carboxylic acids is 1. The number of hydrogen-bond acceptors (Lipinski definition) is 2. The second kappa shape index (κ2) is 3.69. The Morgan fingerprint density at radius 2 is 2.06 bits per heavy atom. The molecule has 84 valence electrons. The number of isocyanates is 1.